The fourth-order valence-corrected chi connectivity index (χ4v) is 3.74. The number of anilines is 1. The second kappa shape index (κ2) is 7.11. The predicted octanol–water partition coefficient (Wildman–Crippen LogP) is 4.45. The second-order valence-electron chi connectivity index (χ2n) is 5.37. The zero-order valence-electron chi connectivity index (χ0n) is 13.1. The van der Waals surface area contributed by atoms with Crippen LogP contribution in [0.5, 0.6) is 11.5 Å². The summed E-state index contributed by atoms with van der Waals surface area (Å²) in [4.78, 5) is 0. The summed E-state index contributed by atoms with van der Waals surface area (Å²) in [7, 11) is -4.08. The van der Waals surface area contributed by atoms with Gasteiger partial charge in [-0.2, -0.15) is 8.42 Å². The molecule has 0 aliphatic heterocycles. The minimum Gasteiger partial charge on any atom is -0.501 e. The number of benzene rings is 2. The molecule has 3 aromatic rings. The minimum absolute atomic E-state index is 0.139. The lowest BCUT2D eigenvalue weighted by atomic mass is 10.1. The van der Waals surface area contributed by atoms with Crippen molar-refractivity contribution in [1.29, 1.82) is 0 Å². The Morgan fingerprint density at radius 1 is 1.12 bits per heavy atom. The van der Waals surface area contributed by atoms with Crippen LogP contribution in [0.3, 0.4) is 0 Å². The topological polar surface area (TPSA) is 103 Å². The Balaban J connectivity index is 1.95. The van der Waals surface area contributed by atoms with Gasteiger partial charge in [-0.05, 0) is 23.8 Å². The molecule has 0 atom stereocenters. The Kier molecular flexibility index (Phi) is 5.04. The van der Waals surface area contributed by atoms with E-state index < -0.39 is 33.3 Å². The van der Waals surface area contributed by atoms with Crippen LogP contribution in [0.2, 0.25) is 10.0 Å². The molecule has 0 amide bonds. The standard InChI is InChI=1S/C17H13Cl2NO5S/c18-11-6-7-13(19)12(8-11)15-14(21)16(17(20)24-15)25-26(22,23)9-10-4-2-1-3-5-10/h1-8,21H,9,20H2. The van der Waals surface area contributed by atoms with Crippen LogP contribution in [0.15, 0.2) is 52.9 Å². The third-order valence-electron chi connectivity index (χ3n) is 3.44. The van der Waals surface area contributed by atoms with Crippen molar-refractivity contribution >= 4 is 39.2 Å². The quantitative estimate of drug-likeness (QED) is 0.598. The third-order valence-corrected chi connectivity index (χ3v) is 5.11. The molecule has 1 aromatic heterocycles. The van der Waals surface area contributed by atoms with E-state index in [2.05, 4.69) is 0 Å². The van der Waals surface area contributed by atoms with Gasteiger partial charge in [0.1, 0.15) is 5.75 Å². The first-order chi connectivity index (χ1) is 12.3. The molecule has 0 saturated heterocycles. The monoisotopic (exact) mass is 413 g/mol. The van der Waals surface area contributed by atoms with E-state index in [4.69, 9.17) is 37.5 Å². The van der Waals surface area contributed by atoms with E-state index in [0.717, 1.165) is 0 Å². The summed E-state index contributed by atoms with van der Waals surface area (Å²) in [6.07, 6.45) is 0. The van der Waals surface area contributed by atoms with Crippen LogP contribution in [0, 0.1) is 0 Å². The molecule has 6 nitrogen and oxygen atoms in total. The third kappa shape index (κ3) is 3.90. The Bertz CT molecular complexity index is 1050. The molecule has 9 heteroatoms. The van der Waals surface area contributed by atoms with Gasteiger partial charge in [-0.25, -0.2) is 0 Å². The number of hydrogen-bond donors (Lipinski definition) is 2. The lowest BCUT2D eigenvalue weighted by Gasteiger charge is -2.06. The van der Waals surface area contributed by atoms with E-state index in [0.29, 0.717) is 10.6 Å². The Labute approximate surface area is 159 Å². The molecule has 0 unspecified atom stereocenters. The number of nitrogens with two attached hydrogens (primary N) is 1. The molecule has 136 valence electrons. The lowest BCUT2D eigenvalue weighted by Crippen LogP contribution is -2.12. The Morgan fingerprint density at radius 3 is 2.50 bits per heavy atom. The maximum atomic E-state index is 12.3. The zero-order chi connectivity index (χ0) is 18.9. The van der Waals surface area contributed by atoms with Crippen molar-refractivity contribution in [1.82, 2.24) is 0 Å². The molecule has 0 aliphatic carbocycles. The van der Waals surface area contributed by atoms with Crippen LogP contribution in [0.4, 0.5) is 5.88 Å². The molecule has 3 N–H and O–H groups in total. The number of furan rings is 1. The molecule has 0 radical (unpaired) electrons. The van der Waals surface area contributed by atoms with Crippen molar-refractivity contribution in [3.8, 4) is 22.8 Å². The van der Waals surface area contributed by atoms with Gasteiger partial charge in [0.25, 0.3) is 0 Å². The first-order valence-corrected chi connectivity index (χ1v) is 9.63. The van der Waals surface area contributed by atoms with Crippen molar-refractivity contribution in [3.63, 3.8) is 0 Å². The summed E-state index contributed by atoms with van der Waals surface area (Å²) < 4.78 is 34.8. The highest BCUT2D eigenvalue weighted by atomic mass is 35.5. The second-order valence-corrected chi connectivity index (χ2v) is 7.78. The van der Waals surface area contributed by atoms with Crippen LogP contribution in [0.25, 0.3) is 11.3 Å². The van der Waals surface area contributed by atoms with E-state index in [1.165, 1.54) is 12.1 Å². The summed E-state index contributed by atoms with van der Waals surface area (Å²) in [6.45, 7) is 0. The van der Waals surface area contributed by atoms with Crippen LogP contribution in [-0.2, 0) is 15.9 Å². The number of halogens is 2. The van der Waals surface area contributed by atoms with Crippen molar-refractivity contribution < 1.29 is 22.1 Å². The largest absolute Gasteiger partial charge is 0.501 e. The average molecular weight is 414 g/mol. The summed E-state index contributed by atoms with van der Waals surface area (Å²) in [6, 6.07) is 12.9. The molecule has 2 aromatic carbocycles. The van der Waals surface area contributed by atoms with E-state index in [9.17, 15) is 13.5 Å². The number of rotatable bonds is 5. The van der Waals surface area contributed by atoms with E-state index in [-0.39, 0.29) is 16.3 Å². The van der Waals surface area contributed by atoms with Crippen molar-refractivity contribution in [2.45, 2.75) is 5.75 Å². The van der Waals surface area contributed by atoms with Gasteiger partial charge in [-0.15, -0.1) is 0 Å². The molecule has 0 saturated carbocycles. The molecule has 0 spiro atoms. The van der Waals surface area contributed by atoms with Crippen LogP contribution >= 0.6 is 23.2 Å². The molecule has 3 rings (SSSR count). The maximum absolute atomic E-state index is 12.3. The average Bonchev–Trinajstić information content (AvgIpc) is 2.85. The van der Waals surface area contributed by atoms with Crippen molar-refractivity contribution in [2.24, 2.45) is 0 Å². The Morgan fingerprint density at radius 2 is 1.81 bits per heavy atom. The van der Waals surface area contributed by atoms with Crippen molar-refractivity contribution in [3.05, 3.63) is 64.1 Å². The molecule has 0 fully saturated rings. The molecule has 1 heterocycles. The smallest absolute Gasteiger partial charge is 0.313 e. The molecular formula is C17H13Cl2NO5S. The number of hydrogen-bond acceptors (Lipinski definition) is 6. The van der Waals surface area contributed by atoms with Gasteiger partial charge < -0.3 is 19.4 Å². The first-order valence-electron chi connectivity index (χ1n) is 7.29. The van der Waals surface area contributed by atoms with Crippen LogP contribution in [0.1, 0.15) is 5.56 Å². The van der Waals surface area contributed by atoms with Gasteiger partial charge in [-0.3, -0.25) is 0 Å². The minimum atomic E-state index is -4.08. The normalized spacial score (nSPS) is 11.5. The summed E-state index contributed by atoms with van der Waals surface area (Å²) >= 11 is 12.0. The van der Waals surface area contributed by atoms with Gasteiger partial charge >= 0.3 is 10.1 Å². The van der Waals surface area contributed by atoms with Crippen LogP contribution in [-0.4, -0.2) is 13.5 Å². The maximum Gasteiger partial charge on any atom is 0.313 e. The SMILES string of the molecule is Nc1oc(-c2cc(Cl)ccc2Cl)c(O)c1OS(=O)(=O)Cc1ccccc1. The van der Waals surface area contributed by atoms with Gasteiger partial charge in [0.05, 0.1) is 5.02 Å². The van der Waals surface area contributed by atoms with Gasteiger partial charge in [0, 0.05) is 10.6 Å². The van der Waals surface area contributed by atoms with E-state index in [1.54, 1.807) is 36.4 Å². The summed E-state index contributed by atoms with van der Waals surface area (Å²) in [5, 5.41) is 10.9. The van der Waals surface area contributed by atoms with E-state index >= 15 is 0 Å². The predicted molar refractivity (Wildman–Crippen MR) is 99.9 cm³/mol. The van der Waals surface area contributed by atoms with E-state index in [1.807, 2.05) is 0 Å². The van der Waals surface area contributed by atoms with Gasteiger partial charge in [-0.1, -0.05) is 53.5 Å². The van der Waals surface area contributed by atoms with Gasteiger partial charge in [0.15, 0.2) is 5.76 Å². The Hall–Kier alpha value is -2.35. The highest BCUT2D eigenvalue weighted by molar-refractivity contribution is 7.86. The molecule has 0 bridgehead atoms. The first kappa shape index (κ1) is 18.4. The fraction of sp³-hybridized carbons (Fsp3) is 0.0588. The molecular weight excluding hydrogens is 401 g/mol. The fourth-order valence-electron chi connectivity index (χ4n) is 2.29. The highest BCUT2D eigenvalue weighted by Crippen LogP contribution is 2.47. The molecule has 26 heavy (non-hydrogen) atoms. The van der Waals surface area contributed by atoms with Gasteiger partial charge in [0.2, 0.25) is 17.4 Å². The molecule has 0 aliphatic rings. The highest BCUT2D eigenvalue weighted by Gasteiger charge is 2.27. The zero-order valence-corrected chi connectivity index (χ0v) is 15.5. The number of aromatic hydroxyl groups is 1. The lowest BCUT2D eigenvalue weighted by molar-refractivity contribution is 0.432. The summed E-state index contributed by atoms with van der Waals surface area (Å²) in [5.41, 5.74) is 6.45. The van der Waals surface area contributed by atoms with Crippen molar-refractivity contribution in [2.75, 3.05) is 5.73 Å². The summed E-state index contributed by atoms with van der Waals surface area (Å²) in [5.74, 6) is -2.01. The van der Waals surface area contributed by atoms with Crippen LogP contribution < -0.4 is 9.92 Å². The number of nitrogen functional groups attached to an aromatic ring is 1.